The molecule has 2 aliphatic rings. The Morgan fingerprint density at radius 2 is 2.03 bits per heavy atom. The highest BCUT2D eigenvalue weighted by Gasteiger charge is 2.33. The van der Waals surface area contributed by atoms with Crippen LogP contribution in [0.1, 0.15) is 31.6 Å². The number of ether oxygens (including phenoxy) is 3. The Balaban J connectivity index is 1.60. The number of hydrogen-bond acceptors (Lipinski definition) is 10. The van der Waals surface area contributed by atoms with Gasteiger partial charge in [-0.2, -0.15) is 4.98 Å². The van der Waals surface area contributed by atoms with Gasteiger partial charge < -0.3 is 19.5 Å². The third-order valence-electron chi connectivity index (χ3n) is 5.06. The summed E-state index contributed by atoms with van der Waals surface area (Å²) >= 11 is 1.50. The van der Waals surface area contributed by atoms with Crippen molar-refractivity contribution < 1.29 is 19.1 Å². The van der Waals surface area contributed by atoms with Gasteiger partial charge in [0, 0.05) is 17.0 Å². The van der Waals surface area contributed by atoms with Crippen LogP contribution in [0.5, 0.6) is 17.4 Å². The van der Waals surface area contributed by atoms with Crippen LogP contribution in [0.3, 0.4) is 0 Å². The van der Waals surface area contributed by atoms with Gasteiger partial charge in [0.15, 0.2) is 17.2 Å². The van der Waals surface area contributed by atoms with Crippen LogP contribution in [0.25, 0.3) is 11.3 Å². The van der Waals surface area contributed by atoms with E-state index in [9.17, 15) is 10.1 Å². The minimum atomic E-state index is -0.905. The number of para-hydroxylation sites is 1. The van der Waals surface area contributed by atoms with Crippen molar-refractivity contribution in [2.45, 2.75) is 31.1 Å². The van der Waals surface area contributed by atoms with E-state index < -0.39 is 11.2 Å². The predicted octanol–water partition coefficient (Wildman–Crippen LogP) is 4.57. The summed E-state index contributed by atoms with van der Waals surface area (Å²) in [6.45, 7) is 2.13. The van der Waals surface area contributed by atoms with E-state index in [0.717, 1.165) is 24.2 Å². The second-order valence-corrected chi connectivity index (χ2v) is 8.22. The highest BCUT2D eigenvalue weighted by atomic mass is 32.2. The van der Waals surface area contributed by atoms with E-state index in [1.807, 2.05) is 24.3 Å². The molecule has 0 bridgehead atoms. The maximum atomic E-state index is 11.8. The number of thioether (sulfide) groups is 1. The fraction of sp³-hybridized carbons (Fsp3) is 0.286. The maximum absolute atomic E-state index is 11.8. The second kappa shape index (κ2) is 8.50. The molecule has 0 unspecified atom stereocenters. The molecule has 0 saturated heterocycles. The number of anilines is 1. The molecule has 3 aromatic rings. The molecule has 2 aromatic carbocycles. The standard InChI is InChI=1S/C21H19N5O5S/c1-2-3-8-32-21-23-20-18(24-25-21)12-6-4-5-7-14(12)22-19(31-20)13-9-16-17(30-11-29-16)10-15(13)26(27)28/h4-7,9-10,19,22H,2-3,8,11H2,1H3/t19-/m0/s1. The zero-order valence-corrected chi connectivity index (χ0v) is 17.9. The van der Waals surface area contributed by atoms with Crippen molar-refractivity contribution in [3.8, 4) is 28.6 Å². The number of rotatable bonds is 6. The first-order chi connectivity index (χ1) is 15.6. The summed E-state index contributed by atoms with van der Waals surface area (Å²) < 4.78 is 16.9. The van der Waals surface area contributed by atoms with Crippen LogP contribution < -0.4 is 19.5 Å². The molecule has 0 amide bonds. The van der Waals surface area contributed by atoms with E-state index in [1.165, 1.54) is 17.8 Å². The lowest BCUT2D eigenvalue weighted by molar-refractivity contribution is -0.386. The summed E-state index contributed by atoms with van der Waals surface area (Å²) in [7, 11) is 0. The van der Waals surface area contributed by atoms with E-state index in [0.29, 0.717) is 33.6 Å². The zero-order valence-electron chi connectivity index (χ0n) is 17.1. The Morgan fingerprint density at radius 3 is 2.84 bits per heavy atom. The molecule has 32 heavy (non-hydrogen) atoms. The number of fused-ring (bicyclic) bond motifs is 4. The van der Waals surface area contributed by atoms with Gasteiger partial charge in [0.2, 0.25) is 24.1 Å². The molecule has 0 fully saturated rings. The van der Waals surface area contributed by atoms with Crippen molar-refractivity contribution >= 4 is 23.1 Å². The van der Waals surface area contributed by atoms with Crippen LogP contribution in [0.15, 0.2) is 41.6 Å². The molecular formula is C21H19N5O5S. The third kappa shape index (κ3) is 3.75. The number of aromatic nitrogens is 3. The number of hydrogen-bond donors (Lipinski definition) is 1. The van der Waals surface area contributed by atoms with Crippen molar-refractivity contribution in [2.24, 2.45) is 0 Å². The van der Waals surface area contributed by atoms with E-state index >= 15 is 0 Å². The molecule has 1 N–H and O–H groups in total. The van der Waals surface area contributed by atoms with Crippen molar-refractivity contribution in [1.82, 2.24) is 15.2 Å². The summed E-state index contributed by atoms with van der Waals surface area (Å²) in [6, 6.07) is 10.4. The Hall–Kier alpha value is -3.60. The molecule has 0 radical (unpaired) electrons. The molecular weight excluding hydrogens is 434 g/mol. The van der Waals surface area contributed by atoms with Crippen LogP contribution in [-0.4, -0.2) is 32.7 Å². The molecule has 0 saturated carbocycles. The lowest BCUT2D eigenvalue weighted by Gasteiger charge is -2.19. The fourth-order valence-corrected chi connectivity index (χ4v) is 4.33. The Bertz CT molecular complexity index is 1190. The summed E-state index contributed by atoms with van der Waals surface area (Å²) in [5.74, 6) is 1.87. The van der Waals surface area contributed by atoms with Gasteiger partial charge >= 0.3 is 0 Å². The van der Waals surface area contributed by atoms with E-state index in [-0.39, 0.29) is 18.4 Å². The topological polar surface area (TPSA) is 122 Å². The largest absolute Gasteiger partial charge is 0.454 e. The van der Waals surface area contributed by atoms with E-state index in [4.69, 9.17) is 14.2 Å². The number of nitrogens with zero attached hydrogens (tertiary/aromatic N) is 4. The molecule has 3 heterocycles. The molecule has 2 aliphatic heterocycles. The van der Waals surface area contributed by atoms with Crippen molar-refractivity contribution in [1.29, 1.82) is 0 Å². The monoisotopic (exact) mass is 453 g/mol. The molecule has 0 aliphatic carbocycles. The summed E-state index contributed by atoms with van der Waals surface area (Å²) in [5.41, 5.74) is 2.07. The quantitative estimate of drug-likeness (QED) is 0.246. The van der Waals surface area contributed by atoms with Gasteiger partial charge in [0.1, 0.15) is 0 Å². The first-order valence-electron chi connectivity index (χ1n) is 10.1. The lowest BCUT2D eigenvalue weighted by Crippen LogP contribution is -2.18. The molecule has 0 spiro atoms. The highest BCUT2D eigenvalue weighted by molar-refractivity contribution is 7.99. The van der Waals surface area contributed by atoms with Crippen LogP contribution in [0.2, 0.25) is 0 Å². The third-order valence-corrected chi connectivity index (χ3v) is 5.99. The summed E-state index contributed by atoms with van der Waals surface area (Å²) in [6.07, 6.45) is 1.19. The van der Waals surface area contributed by atoms with Gasteiger partial charge in [-0.25, -0.2) is 0 Å². The van der Waals surface area contributed by atoms with Crippen LogP contribution in [-0.2, 0) is 0 Å². The van der Waals surface area contributed by atoms with Crippen LogP contribution >= 0.6 is 11.8 Å². The number of nitro groups is 1. The average molecular weight is 453 g/mol. The van der Waals surface area contributed by atoms with Crippen LogP contribution in [0, 0.1) is 10.1 Å². The van der Waals surface area contributed by atoms with Crippen molar-refractivity contribution in [2.75, 3.05) is 17.9 Å². The smallest absolute Gasteiger partial charge is 0.282 e. The number of nitro benzene ring substituents is 1. The SMILES string of the molecule is CCCCSc1nnc2c(n1)O[C@@H](c1cc3c(cc1[N+](=O)[O-])OCO3)Nc1ccccc1-2. The second-order valence-electron chi connectivity index (χ2n) is 7.16. The normalized spacial score (nSPS) is 15.7. The van der Waals surface area contributed by atoms with Gasteiger partial charge in [-0.3, -0.25) is 10.1 Å². The summed E-state index contributed by atoms with van der Waals surface area (Å²) in [5, 5.41) is 24.2. The van der Waals surface area contributed by atoms with Crippen LogP contribution in [0.4, 0.5) is 11.4 Å². The number of nitrogens with one attached hydrogen (secondary N) is 1. The first kappa shape index (κ1) is 20.3. The Morgan fingerprint density at radius 1 is 1.22 bits per heavy atom. The molecule has 1 atom stereocenters. The molecule has 10 nitrogen and oxygen atoms in total. The van der Waals surface area contributed by atoms with Crippen molar-refractivity contribution in [3.63, 3.8) is 0 Å². The first-order valence-corrected chi connectivity index (χ1v) is 11.1. The average Bonchev–Trinajstić information content (AvgIpc) is 3.19. The Kier molecular flexibility index (Phi) is 5.39. The zero-order chi connectivity index (χ0) is 22.1. The van der Waals surface area contributed by atoms with Gasteiger partial charge in [-0.05, 0) is 18.6 Å². The lowest BCUT2D eigenvalue weighted by atomic mass is 10.1. The highest BCUT2D eigenvalue weighted by Crippen LogP contribution is 2.44. The van der Waals surface area contributed by atoms with Crippen molar-refractivity contribution in [3.05, 3.63) is 52.1 Å². The minimum absolute atomic E-state index is 0.00997. The van der Waals surface area contributed by atoms with Gasteiger partial charge in [0.25, 0.3) is 5.69 Å². The van der Waals surface area contributed by atoms with E-state index in [2.05, 4.69) is 27.4 Å². The number of unbranched alkanes of at least 4 members (excludes halogenated alkanes) is 1. The molecule has 11 heteroatoms. The van der Waals surface area contributed by atoms with Gasteiger partial charge in [0.05, 0.1) is 16.6 Å². The predicted molar refractivity (Wildman–Crippen MR) is 117 cm³/mol. The fourth-order valence-electron chi connectivity index (χ4n) is 3.47. The minimum Gasteiger partial charge on any atom is -0.454 e. The summed E-state index contributed by atoms with van der Waals surface area (Å²) in [4.78, 5) is 15.9. The molecule has 5 rings (SSSR count). The maximum Gasteiger partial charge on any atom is 0.282 e. The molecule has 164 valence electrons. The van der Waals surface area contributed by atoms with Gasteiger partial charge in [-0.15, -0.1) is 10.2 Å². The number of benzene rings is 2. The Labute approximate surface area is 187 Å². The molecule has 1 aromatic heterocycles. The van der Waals surface area contributed by atoms with Gasteiger partial charge in [-0.1, -0.05) is 43.3 Å². The van der Waals surface area contributed by atoms with E-state index in [1.54, 1.807) is 6.07 Å².